The summed E-state index contributed by atoms with van der Waals surface area (Å²) in [5.41, 5.74) is 2.72. The summed E-state index contributed by atoms with van der Waals surface area (Å²) in [5, 5.41) is 3.25. The summed E-state index contributed by atoms with van der Waals surface area (Å²) < 4.78 is 1.15. The van der Waals surface area contributed by atoms with Crippen LogP contribution in [0.2, 0.25) is 0 Å². The van der Waals surface area contributed by atoms with Crippen LogP contribution in [0.15, 0.2) is 22.7 Å². The Morgan fingerprint density at radius 3 is 2.61 bits per heavy atom. The molecule has 3 heteroatoms. The minimum atomic E-state index is 0.728. The first-order chi connectivity index (χ1) is 8.62. The zero-order valence-corrected chi connectivity index (χ0v) is 13.5. The van der Waals surface area contributed by atoms with Gasteiger partial charge in [0.05, 0.1) is 0 Å². The maximum atomic E-state index is 3.58. The average Bonchev–Trinajstić information content (AvgIpc) is 2.38. The maximum absolute atomic E-state index is 3.58. The molecule has 0 amide bonds. The molecule has 102 valence electrons. The monoisotopic (exact) mass is 312 g/mol. The molecular formula is C15H25BrN2. The summed E-state index contributed by atoms with van der Waals surface area (Å²) in [6.45, 7) is 9.90. The molecule has 1 rings (SSSR count). The van der Waals surface area contributed by atoms with Crippen molar-refractivity contribution >= 4 is 21.6 Å². The van der Waals surface area contributed by atoms with Gasteiger partial charge in [-0.3, -0.25) is 0 Å². The largest absolute Gasteiger partial charge is 0.371 e. The van der Waals surface area contributed by atoms with Gasteiger partial charge in [-0.25, -0.2) is 0 Å². The van der Waals surface area contributed by atoms with Gasteiger partial charge in [-0.05, 0) is 37.6 Å². The molecule has 0 saturated heterocycles. The van der Waals surface area contributed by atoms with E-state index in [-0.39, 0.29) is 0 Å². The molecular weight excluding hydrogens is 288 g/mol. The van der Waals surface area contributed by atoms with E-state index in [2.05, 4.69) is 65.1 Å². The van der Waals surface area contributed by atoms with E-state index in [0.29, 0.717) is 0 Å². The van der Waals surface area contributed by atoms with E-state index in [4.69, 9.17) is 0 Å². The first kappa shape index (κ1) is 15.5. The van der Waals surface area contributed by atoms with Gasteiger partial charge in [0.15, 0.2) is 0 Å². The van der Waals surface area contributed by atoms with Crippen LogP contribution in [0.4, 0.5) is 5.69 Å². The lowest BCUT2D eigenvalue weighted by molar-refractivity contribution is 0.547. The Bertz CT molecular complexity index is 366. The molecule has 0 fully saturated rings. The third kappa shape index (κ3) is 4.29. The van der Waals surface area contributed by atoms with E-state index in [1.165, 1.54) is 17.7 Å². The molecule has 0 aromatic heterocycles. The van der Waals surface area contributed by atoms with E-state index in [0.717, 1.165) is 30.0 Å². The number of benzene rings is 1. The summed E-state index contributed by atoms with van der Waals surface area (Å²) in [6.07, 6.45) is 1.23. The van der Waals surface area contributed by atoms with Crippen LogP contribution in [-0.2, 0) is 6.54 Å². The minimum Gasteiger partial charge on any atom is -0.371 e. The number of nitrogens with zero attached hydrogens (tertiary/aromatic N) is 1. The van der Waals surface area contributed by atoms with Gasteiger partial charge in [-0.15, -0.1) is 0 Å². The summed E-state index contributed by atoms with van der Waals surface area (Å²) >= 11 is 3.58. The van der Waals surface area contributed by atoms with Crippen molar-refractivity contribution in [3.8, 4) is 0 Å². The molecule has 1 unspecified atom stereocenters. The highest BCUT2D eigenvalue weighted by atomic mass is 79.9. The van der Waals surface area contributed by atoms with Gasteiger partial charge in [-0.1, -0.05) is 42.3 Å². The first-order valence-corrected chi connectivity index (χ1v) is 7.59. The van der Waals surface area contributed by atoms with Gasteiger partial charge in [0.1, 0.15) is 0 Å². The number of hydrogen-bond donors (Lipinski definition) is 1. The molecule has 1 N–H and O–H groups in total. The standard InChI is InChI=1S/C15H25BrN2/c1-5-12(3)11-18(6-2)15-9-14(16)8-7-13(15)10-17-4/h7-9,12,17H,5-6,10-11H2,1-4H3. The van der Waals surface area contributed by atoms with Crippen molar-refractivity contribution in [3.05, 3.63) is 28.2 Å². The lowest BCUT2D eigenvalue weighted by Gasteiger charge is -2.28. The molecule has 0 aliphatic heterocycles. The van der Waals surface area contributed by atoms with Crippen LogP contribution in [0.3, 0.4) is 0 Å². The predicted molar refractivity (Wildman–Crippen MR) is 84.2 cm³/mol. The summed E-state index contributed by atoms with van der Waals surface area (Å²) in [5.74, 6) is 0.728. The summed E-state index contributed by atoms with van der Waals surface area (Å²) in [7, 11) is 2.00. The highest BCUT2D eigenvalue weighted by Gasteiger charge is 2.12. The van der Waals surface area contributed by atoms with E-state index < -0.39 is 0 Å². The van der Waals surface area contributed by atoms with Crippen LogP contribution in [0.5, 0.6) is 0 Å². The fraction of sp³-hybridized carbons (Fsp3) is 0.600. The highest BCUT2D eigenvalue weighted by Crippen LogP contribution is 2.26. The fourth-order valence-electron chi connectivity index (χ4n) is 2.07. The molecule has 0 aliphatic carbocycles. The Labute approximate surface area is 120 Å². The number of anilines is 1. The molecule has 0 radical (unpaired) electrons. The van der Waals surface area contributed by atoms with Crippen LogP contribution in [0.1, 0.15) is 32.8 Å². The van der Waals surface area contributed by atoms with Crippen molar-refractivity contribution in [2.24, 2.45) is 5.92 Å². The third-order valence-electron chi connectivity index (χ3n) is 3.37. The number of halogens is 1. The van der Waals surface area contributed by atoms with Crippen molar-refractivity contribution in [1.29, 1.82) is 0 Å². The van der Waals surface area contributed by atoms with Crippen molar-refractivity contribution in [2.75, 3.05) is 25.0 Å². The van der Waals surface area contributed by atoms with Crippen molar-refractivity contribution in [2.45, 2.75) is 33.7 Å². The summed E-state index contributed by atoms with van der Waals surface area (Å²) in [6, 6.07) is 6.56. The zero-order chi connectivity index (χ0) is 13.5. The van der Waals surface area contributed by atoms with Gasteiger partial charge < -0.3 is 10.2 Å². The fourth-order valence-corrected chi connectivity index (χ4v) is 2.42. The lowest BCUT2D eigenvalue weighted by atomic mass is 10.1. The van der Waals surface area contributed by atoms with Crippen LogP contribution in [-0.4, -0.2) is 20.1 Å². The van der Waals surface area contributed by atoms with Crippen molar-refractivity contribution in [3.63, 3.8) is 0 Å². The van der Waals surface area contributed by atoms with E-state index >= 15 is 0 Å². The molecule has 1 aromatic rings. The van der Waals surface area contributed by atoms with E-state index in [1.54, 1.807) is 0 Å². The molecule has 0 heterocycles. The molecule has 1 atom stereocenters. The van der Waals surface area contributed by atoms with E-state index in [1.807, 2.05) is 7.05 Å². The molecule has 0 saturated carbocycles. The molecule has 18 heavy (non-hydrogen) atoms. The van der Waals surface area contributed by atoms with Crippen LogP contribution >= 0.6 is 15.9 Å². The normalized spacial score (nSPS) is 12.5. The lowest BCUT2D eigenvalue weighted by Crippen LogP contribution is -2.29. The van der Waals surface area contributed by atoms with Gasteiger partial charge in [-0.2, -0.15) is 0 Å². The molecule has 2 nitrogen and oxygen atoms in total. The average molecular weight is 313 g/mol. The molecule has 0 spiro atoms. The number of nitrogens with one attached hydrogen (secondary N) is 1. The highest BCUT2D eigenvalue weighted by molar-refractivity contribution is 9.10. The second kappa shape index (κ2) is 7.80. The van der Waals surface area contributed by atoms with E-state index in [9.17, 15) is 0 Å². The van der Waals surface area contributed by atoms with Crippen molar-refractivity contribution in [1.82, 2.24) is 5.32 Å². The minimum absolute atomic E-state index is 0.728. The van der Waals surface area contributed by atoms with Crippen molar-refractivity contribution < 1.29 is 0 Å². The molecule has 0 bridgehead atoms. The smallest absolute Gasteiger partial charge is 0.0423 e. The van der Waals surface area contributed by atoms with Gasteiger partial charge >= 0.3 is 0 Å². The van der Waals surface area contributed by atoms with Gasteiger partial charge in [0, 0.05) is 29.8 Å². The SMILES string of the molecule is CCC(C)CN(CC)c1cc(Br)ccc1CNC. The maximum Gasteiger partial charge on any atom is 0.0423 e. The predicted octanol–water partition coefficient (Wildman–Crippen LogP) is 4.04. The summed E-state index contributed by atoms with van der Waals surface area (Å²) in [4.78, 5) is 2.48. The Hall–Kier alpha value is -0.540. The Kier molecular flexibility index (Phi) is 6.72. The van der Waals surface area contributed by atoms with Crippen LogP contribution < -0.4 is 10.2 Å². The van der Waals surface area contributed by atoms with Gasteiger partial charge in [0.25, 0.3) is 0 Å². The number of hydrogen-bond acceptors (Lipinski definition) is 2. The Balaban J connectivity index is 2.98. The quantitative estimate of drug-likeness (QED) is 0.817. The van der Waals surface area contributed by atoms with Gasteiger partial charge in [0.2, 0.25) is 0 Å². The van der Waals surface area contributed by atoms with Crippen LogP contribution in [0.25, 0.3) is 0 Å². The topological polar surface area (TPSA) is 15.3 Å². The second-order valence-corrected chi connectivity index (χ2v) is 5.77. The molecule has 1 aromatic carbocycles. The molecule has 0 aliphatic rings. The second-order valence-electron chi connectivity index (χ2n) is 4.86. The first-order valence-electron chi connectivity index (χ1n) is 6.80. The zero-order valence-electron chi connectivity index (χ0n) is 12.0. The Morgan fingerprint density at radius 2 is 2.06 bits per heavy atom. The number of rotatable bonds is 7. The van der Waals surface area contributed by atoms with Crippen LogP contribution in [0, 0.1) is 5.92 Å². The third-order valence-corrected chi connectivity index (χ3v) is 3.86. The Morgan fingerprint density at radius 1 is 1.33 bits per heavy atom.